The van der Waals surface area contributed by atoms with Crippen molar-refractivity contribution >= 4 is 0 Å². The van der Waals surface area contributed by atoms with Crippen LogP contribution in [0.3, 0.4) is 0 Å². The average Bonchev–Trinajstić information content (AvgIpc) is 2.66. The van der Waals surface area contributed by atoms with Gasteiger partial charge in [-0.15, -0.1) is 0 Å². The van der Waals surface area contributed by atoms with Crippen LogP contribution in [0.1, 0.15) is 19.8 Å². The van der Waals surface area contributed by atoms with E-state index in [1.165, 1.54) is 19.4 Å². The van der Waals surface area contributed by atoms with Gasteiger partial charge in [0.05, 0.1) is 0 Å². The van der Waals surface area contributed by atoms with Gasteiger partial charge in [0.25, 0.3) is 0 Å². The predicted molar refractivity (Wildman–Crippen MR) is 43.9 cm³/mol. The van der Waals surface area contributed by atoms with Crippen molar-refractivity contribution in [1.29, 1.82) is 0 Å². The molecule has 0 bridgehead atoms. The van der Waals surface area contributed by atoms with Crippen LogP contribution >= 0.6 is 0 Å². The summed E-state index contributed by atoms with van der Waals surface area (Å²) in [5.41, 5.74) is 5.53. The standard InChI is InChI=1S/C8H18N2/c1-3-4-10(2)8-5-7(8)6-9/h7-8H,3-6,9H2,1-2H3. The molecule has 1 rings (SSSR count). The molecule has 0 aromatic carbocycles. The Bertz CT molecular complexity index is 103. The number of nitrogens with zero attached hydrogens (tertiary/aromatic N) is 1. The Hall–Kier alpha value is -0.0800. The molecule has 0 aromatic rings. The lowest BCUT2D eigenvalue weighted by Gasteiger charge is -2.14. The fourth-order valence-electron chi connectivity index (χ4n) is 1.54. The number of rotatable bonds is 4. The third-order valence-electron chi connectivity index (χ3n) is 2.33. The molecule has 2 nitrogen and oxygen atoms in total. The van der Waals surface area contributed by atoms with Crippen LogP contribution in [0.25, 0.3) is 0 Å². The number of hydrogen-bond acceptors (Lipinski definition) is 2. The van der Waals surface area contributed by atoms with Gasteiger partial charge < -0.3 is 10.6 Å². The minimum Gasteiger partial charge on any atom is -0.330 e. The fourth-order valence-corrected chi connectivity index (χ4v) is 1.54. The van der Waals surface area contributed by atoms with Gasteiger partial charge in [0.2, 0.25) is 0 Å². The highest BCUT2D eigenvalue weighted by molar-refractivity contribution is 4.94. The van der Waals surface area contributed by atoms with E-state index in [0.29, 0.717) is 0 Å². The van der Waals surface area contributed by atoms with Gasteiger partial charge in [-0.1, -0.05) is 6.92 Å². The second-order valence-electron chi connectivity index (χ2n) is 3.28. The first-order valence-corrected chi connectivity index (χ1v) is 4.20. The minimum absolute atomic E-state index is 0.802. The van der Waals surface area contributed by atoms with Gasteiger partial charge >= 0.3 is 0 Å². The van der Waals surface area contributed by atoms with Crippen LogP contribution in [0.4, 0.5) is 0 Å². The first-order valence-electron chi connectivity index (χ1n) is 4.20. The summed E-state index contributed by atoms with van der Waals surface area (Å²) in [6, 6.07) is 0.810. The van der Waals surface area contributed by atoms with Crippen molar-refractivity contribution in [1.82, 2.24) is 4.90 Å². The molecule has 0 aromatic heterocycles. The van der Waals surface area contributed by atoms with E-state index in [4.69, 9.17) is 5.73 Å². The lowest BCUT2D eigenvalue weighted by atomic mass is 10.3. The molecule has 1 fully saturated rings. The molecule has 0 spiro atoms. The van der Waals surface area contributed by atoms with Gasteiger partial charge in [-0.3, -0.25) is 0 Å². The molecule has 0 aliphatic heterocycles. The van der Waals surface area contributed by atoms with Crippen molar-refractivity contribution in [3.05, 3.63) is 0 Å². The highest BCUT2D eigenvalue weighted by Crippen LogP contribution is 2.33. The molecule has 0 saturated heterocycles. The monoisotopic (exact) mass is 142 g/mol. The molecular weight excluding hydrogens is 124 g/mol. The van der Waals surface area contributed by atoms with Gasteiger partial charge in [0.1, 0.15) is 0 Å². The van der Waals surface area contributed by atoms with E-state index in [1.54, 1.807) is 0 Å². The zero-order chi connectivity index (χ0) is 7.56. The lowest BCUT2D eigenvalue weighted by molar-refractivity contribution is 0.310. The van der Waals surface area contributed by atoms with Crippen LogP contribution in [0.2, 0.25) is 0 Å². The molecule has 10 heavy (non-hydrogen) atoms. The van der Waals surface area contributed by atoms with Crippen LogP contribution in [0.15, 0.2) is 0 Å². The summed E-state index contributed by atoms with van der Waals surface area (Å²) in [5, 5.41) is 0. The summed E-state index contributed by atoms with van der Waals surface area (Å²) in [6.07, 6.45) is 2.58. The quantitative estimate of drug-likeness (QED) is 0.625. The number of hydrogen-bond donors (Lipinski definition) is 1. The van der Waals surface area contributed by atoms with E-state index < -0.39 is 0 Å². The van der Waals surface area contributed by atoms with Gasteiger partial charge in [-0.05, 0) is 38.9 Å². The SMILES string of the molecule is CCCN(C)C1CC1CN. The molecule has 0 amide bonds. The molecular formula is C8H18N2. The Labute approximate surface area is 63.4 Å². The Morgan fingerprint density at radius 1 is 1.60 bits per heavy atom. The third-order valence-corrected chi connectivity index (χ3v) is 2.33. The van der Waals surface area contributed by atoms with E-state index in [2.05, 4.69) is 18.9 Å². The Morgan fingerprint density at radius 3 is 2.70 bits per heavy atom. The normalized spacial score (nSPS) is 31.2. The third kappa shape index (κ3) is 1.70. The zero-order valence-corrected chi connectivity index (χ0v) is 7.01. The van der Waals surface area contributed by atoms with E-state index in [0.717, 1.165) is 18.5 Å². The van der Waals surface area contributed by atoms with Crippen molar-refractivity contribution < 1.29 is 0 Å². The van der Waals surface area contributed by atoms with Crippen molar-refractivity contribution in [2.75, 3.05) is 20.1 Å². The van der Waals surface area contributed by atoms with E-state index in [1.807, 2.05) is 0 Å². The molecule has 1 aliphatic carbocycles. The maximum Gasteiger partial charge on any atom is 0.0137 e. The average molecular weight is 142 g/mol. The first-order chi connectivity index (χ1) is 4.79. The predicted octanol–water partition coefficient (Wildman–Crippen LogP) is 0.675. The van der Waals surface area contributed by atoms with Crippen LogP contribution < -0.4 is 5.73 Å². The molecule has 2 unspecified atom stereocenters. The van der Waals surface area contributed by atoms with Gasteiger partial charge in [0.15, 0.2) is 0 Å². The van der Waals surface area contributed by atoms with Gasteiger partial charge in [-0.25, -0.2) is 0 Å². The van der Waals surface area contributed by atoms with E-state index in [9.17, 15) is 0 Å². The molecule has 60 valence electrons. The zero-order valence-electron chi connectivity index (χ0n) is 7.01. The lowest BCUT2D eigenvalue weighted by Crippen LogP contribution is -2.24. The number of nitrogens with two attached hydrogens (primary N) is 1. The fraction of sp³-hybridized carbons (Fsp3) is 1.00. The Balaban J connectivity index is 2.12. The Kier molecular flexibility index (Phi) is 2.69. The highest BCUT2D eigenvalue weighted by atomic mass is 15.2. The summed E-state index contributed by atoms with van der Waals surface area (Å²) in [5.74, 6) is 0.802. The van der Waals surface area contributed by atoms with Gasteiger partial charge in [-0.2, -0.15) is 0 Å². The van der Waals surface area contributed by atoms with Gasteiger partial charge in [0, 0.05) is 6.04 Å². The van der Waals surface area contributed by atoms with Crippen molar-refractivity contribution in [3.8, 4) is 0 Å². The molecule has 0 heterocycles. The minimum atomic E-state index is 0.802. The molecule has 2 N–H and O–H groups in total. The smallest absolute Gasteiger partial charge is 0.0137 e. The molecule has 1 saturated carbocycles. The van der Waals surface area contributed by atoms with E-state index in [-0.39, 0.29) is 0 Å². The van der Waals surface area contributed by atoms with Crippen LogP contribution in [-0.4, -0.2) is 31.1 Å². The molecule has 2 atom stereocenters. The second kappa shape index (κ2) is 3.35. The first kappa shape index (κ1) is 8.02. The second-order valence-corrected chi connectivity index (χ2v) is 3.28. The summed E-state index contributed by atoms with van der Waals surface area (Å²) in [4.78, 5) is 2.43. The summed E-state index contributed by atoms with van der Waals surface area (Å²) >= 11 is 0. The highest BCUT2D eigenvalue weighted by Gasteiger charge is 2.38. The molecule has 2 heteroatoms. The van der Waals surface area contributed by atoms with Crippen molar-refractivity contribution in [3.63, 3.8) is 0 Å². The van der Waals surface area contributed by atoms with Crippen LogP contribution in [0.5, 0.6) is 0 Å². The Morgan fingerprint density at radius 2 is 2.30 bits per heavy atom. The topological polar surface area (TPSA) is 29.3 Å². The molecule has 1 aliphatic rings. The summed E-state index contributed by atoms with van der Waals surface area (Å²) in [6.45, 7) is 4.32. The van der Waals surface area contributed by atoms with E-state index >= 15 is 0 Å². The summed E-state index contributed by atoms with van der Waals surface area (Å²) < 4.78 is 0. The maximum atomic E-state index is 5.53. The van der Waals surface area contributed by atoms with Crippen LogP contribution in [0, 0.1) is 5.92 Å². The maximum absolute atomic E-state index is 5.53. The summed E-state index contributed by atoms with van der Waals surface area (Å²) in [7, 11) is 2.20. The van der Waals surface area contributed by atoms with Crippen molar-refractivity contribution in [2.45, 2.75) is 25.8 Å². The van der Waals surface area contributed by atoms with Crippen LogP contribution in [-0.2, 0) is 0 Å². The van der Waals surface area contributed by atoms with Crippen molar-refractivity contribution in [2.24, 2.45) is 11.7 Å². The largest absolute Gasteiger partial charge is 0.330 e. The molecule has 0 radical (unpaired) electrons.